The van der Waals surface area contributed by atoms with Crippen molar-refractivity contribution in [2.24, 2.45) is 5.10 Å². The van der Waals surface area contributed by atoms with Gasteiger partial charge in [0.1, 0.15) is 11.5 Å². The Kier molecular flexibility index (Phi) is 7.46. The minimum absolute atomic E-state index is 0.154. The van der Waals surface area contributed by atoms with Crippen molar-refractivity contribution < 1.29 is 14.6 Å². The van der Waals surface area contributed by atoms with Crippen molar-refractivity contribution in [2.75, 3.05) is 6.61 Å². The van der Waals surface area contributed by atoms with E-state index in [9.17, 15) is 9.90 Å². The molecule has 2 heterocycles. The van der Waals surface area contributed by atoms with Crippen LogP contribution in [0.25, 0.3) is 21.9 Å². The number of halogens is 1. The maximum atomic E-state index is 12.3. The summed E-state index contributed by atoms with van der Waals surface area (Å²) in [6, 6.07) is 15.7. The lowest BCUT2D eigenvalue weighted by molar-refractivity contribution is -0.123. The lowest BCUT2D eigenvalue weighted by Gasteiger charge is -2.09. The molecule has 0 atom stereocenters. The highest BCUT2D eigenvalue weighted by atomic mass is 79.9. The van der Waals surface area contributed by atoms with Crippen LogP contribution in [0.5, 0.6) is 5.75 Å². The fraction of sp³-hybridized carbons (Fsp3) is 0.0714. The van der Waals surface area contributed by atoms with E-state index in [2.05, 4.69) is 26.5 Å². The molecule has 1 aliphatic carbocycles. The van der Waals surface area contributed by atoms with E-state index in [1.54, 1.807) is 28.9 Å². The molecule has 4 aromatic rings. The monoisotopic (exact) mass is 576 g/mol. The number of thiophene rings is 2. The number of aliphatic hydroxyl groups excluding tert-OH is 1. The van der Waals surface area contributed by atoms with Gasteiger partial charge in [0.25, 0.3) is 5.91 Å². The first-order chi connectivity index (χ1) is 17.6. The van der Waals surface area contributed by atoms with Gasteiger partial charge in [-0.3, -0.25) is 4.79 Å². The molecule has 2 aromatic carbocycles. The molecule has 1 amide bonds. The molecule has 2 N–H and O–H groups in total. The number of carbonyl (C=O) groups excluding carboxylic acids is 1. The van der Waals surface area contributed by atoms with E-state index in [-0.39, 0.29) is 18.3 Å². The van der Waals surface area contributed by atoms with Gasteiger partial charge in [-0.05, 0) is 97.9 Å². The zero-order chi connectivity index (χ0) is 24.9. The van der Waals surface area contributed by atoms with Crippen molar-refractivity contribution in [3.8, 4) is 5.75 Å². The summed E-state index contributed by atoms with van der Waals surface area (Å²) < 4.78 is 6.65. The van der Waals surface area contributed by atoms with E-state index in [1.165, 1.54) is 0 Å². The number of aliphatic hydroxyl groups is 1. The second-order valence-electron chi connectivity index (χ2n) is 8.05. The zero-order valence-electron chi connectivity index (χ0n) is 19.0. The van der Waals surface area contributed by atoms with Crippen molar-refractivity contribution in [3.63, 3.8) is 0 Å². The smallest absolute Gasteiger partial charge is 0.277 e. The highest BCUT2D eigenvalue weighted by Crippen LogP contribution is 2.35. The normalized spacial score (nSPS) is 14.0. The number of hydrazone groups is 1. The molecule has 180 valence electrons. The number of benzene rings is 2. The average molecular weight is 578 g/mol. The molecule has 0 spiro atoms. The Morgan fingerprint density at radius 2 is 1.81 bits per heavy atom. The van der Waals surface area contributed by atoms with Gasteiger partial charge in [-0.15, -0.1) is 0 Å². The molecule has 0 radical (unpaired) electrons. The van der Waals surface area contributed by atoms with E-state index >= 15 is 0 Å². The summed E-state index contributed by atoms with van der Waals surface area (Å²) >= 11 is 6.63. The van der Waals surface area contributed by atoms with Crippen LogP contribution in [0.1, 0.15) is 17.5 Å². The fourth-order valence-electron chi connectivity index (χ4n) is 3.84. The minimum atomic E-state index is -0.363. The second kappa shape index (κ2) is 11.1. The van der Waals surface area contributed by atoms with Crippen LogP contribution >= 0.6 is 38.6 Å². The number of amides is 1. The topological polar surface area (TPSA) is 70.9 Å². The highest BCUT2D eigenvalue weighted by Gasteiger charge is 2.18. The number of fused-ring (bicyclic) bond motifs is 1. The molecule has 1 aliphatic rings. The Labute approximate surface area is 224 Å². The number of nitrogens with one attached hydrogen (secondary N) is 1. The molecule has 5 rings (SSSR count). The van der Waals surface area contributed by atoms with Gasteiger partial charge in [-0.25, -0.2) is 5.43 Å². The number of ether oxygens (including phenoxy) is 1. The summed E-state index contributed by atoms with van der Waals surface area (Å²) in [4.78, 5) is 12.3. The number of carbonyl (C=O) groups is 1. The molecule has 0 bridgehead atoms. The van der Waals surface area contributed by atoms with Gasteiger partial charge < -0.3 is 9.84 Å². The van der Waals surface area contributed by atoms with Crippen LogP contribution in [-0.4, -0.2) is 23.8 Å². The van der Waals surface area contributed by atoms with E-state index in [1.807, 2.05) is 82.2 Å². The van der Waals surface area contributed by atoms with Gasteiger partial charge in [0.15, 0.2) is 6.61 Å². The summed E-state index contributed by atoms with van der Waals surface area (Å²) in [5, 5.41) is 25.3. The Bertz CT molecular complexity index is 1520. The molecule has 36 heavy (non-hydrogen) atoms. The van der Waals surface area contributed by atoms with Crippen molar-refractivity contribution in [3.05, 3.63) is 109 Å². The molecular weight excluding hydrogens is 556 g/mol. The summed E-state index contributed by atoms with van der Waals surface area (Å²) in [6.07, 6.45) is 6.00. The Hall–Kier alpha value is -3.46. The van der Waals surface area contributed by atoms with Crippen LogP contribution in [-0.2, 0) is 4.79 Å². The molecule has 0 aliphatic heterocycles. The number of nitrogens with zero attached hydrogens (tertiary/aromatic N) is 1. The second-order valence-corrected chi connectivity index (χ2v) is 10.5. The predicted molar refractivity (Wildman–Crippen MR) is 153 cm³/mol. The molecule has 2 aromatic heterocycles. The van der Waals surface area contributed by atoms with Crippen molar-refractivity contribution >= 4 is 72.6 Å². The van der Waals surface area contributed by atoms with E-state index in [0.29, 0.717) is 12.2 Å². The number of hydrogen-bond acceptors (Lipinski definition) is 6. The molecule has 8 heteroatoms. The Morgan fingerprint density at radius 3 is 2.58 bits per heavy atom. The van der Waals surface area contributed by atoms with Gasteiger partial charge in [0.05, 0.1) is 6.21 Å². The lowest BCUT2D eigenvalue weighted by atomic mass is 9.99. The first-order valence-corrected chi connectivity index (χ1v) is 13.8. The summed E-state index contributed by atoms with van der Waals surface area (Å²) in [5.41, 5.74) is 6.83. The van der Waals surface area contributed by atoms with Gasteiger partial charge >= 0.3 is 0 Å². The molecule has 0 fully saturated rings. The highest BCUT2D eigenvalue weighted by molar-refractivity contribution is 9.10. The largest absolute Gasteiger partial charge is 0.507 e. The minimum Gasteiger partial charge on any atom is -0.507 e. The number of hydrogen-bond donors (Lipinski definition) is 2. The van der Waals surface area contributed by atoms with Crippen LogP contribution in [0.3, 0.4) is 0 Å². The standard InChI is InChI=1S/C28H21BrN2O3S2/c29-23-4-2-20-13-24(5-3-19(20)12-23)34-15-27(32)31-30-14-18-1-6-25(21-7-9-35-16-21)28(33)26(11-18)22-8-10-36-17-22/h1-5,7-14,16-17,33H,6,15H2,(H,31,32)/b30-14+. The summed E-state index contributed by atoms with van der Waals surface area (Å²) in [5.74, 6) is 0.506. The molecule has 0 saturated carbocycles. The van der Waals surface area contributed by atoms with Crippen molar-refractivity contribution in [2.45, 2.75) is 6.42 Å². The van der Waals surface area contributed by atoms with Crippen molar-refractivity contribution in [1.29, 1.82) is 0 Å². The van der Waals surface area contributed by atoms with Gasteiger partial charge in [-0.2, -0.15) is 27.8 Å². The van der Waals surface area contributed by atoms with E-state index in [4.69, 9.17) is 4.74 Å². The Morgan fingerprint density at radius 1 is 1.06 bits per heavy atom. The molecule has 0 unspecified atom stereocenters. The maximum Gasteiger partial charge on any atom is 0.277 e. The van der Waals surface area contributed by atoms with Crippen LogP contribution in [0.4, 0.5) is 0 Å². The maximum absolute atomic E-state index is 12.3. The number of rotatable bonds is 7. The van der Waals surface area contributed by atoms with Gasteiger partial charge in [0, 0.05) is 15.6 Å². The molecular formula is C28H21BrN2O3S2. The summed E-state index contributed by atoms with van der Waals surface area (Å²) in [7, 11) is 0. The zero-order valence-corrected chi connectivity index (χ0v) is 22.2. The average Bonchev–Trinajstić information content (AvgIpc) is 3.58. The lowest BCUT2D eigenvalue weighted by Crippen LogP contribution is -2.24. The van der Waals surface area contributed by atoms with Gasteiger partial charge in [0.2, 0.25) is 0 Å². The van der Waals surface area contributed by atoms with Crippen LogP contribution < -0.4 is 10.2 Å². The predicted octanol–water partition coefficient (Wildman–Crippen LogP) is 7.59. The van der Waals surface area contributed by atoms with Crippen molar-refractivity contribution in [1.82, 2.24) is 5.43 Å². The molecule has 0 saturated heterocycles. The molecule has 5 nitrogen and oxygen atoms in total. The van der Waals surface area contributed by atoms with Crippen LogP contribution in [0.15, 0.2) is 103 Å². The van der Waals surface area contributed by atoms with Crippen LogP contribution in [0.2, 0.25) is 0 Å². The van der Waals surface area contributed by atoms with E-state index in [0.717, 1.165) is 43.1 Å². The Balaban J connectivity index is 1.25. The van der Waals surface area contributed by atoms with Crippen LogP contribution in [0, 0.1) is 0 Å². The first-order valence-electron chi connectivity index (χ1n) is 11.1. The first kappa shape index (κ1) is 24.2. The SMILES string of the molecule is O=C(COc1ccc2cc(Br)ccc2c1)N/N=C/C1=CCC(c2ccsc2)=C(O)C(c2ccsc2)=C1. The quantitative estimate of drug-likeness (QED) is 0.176. The number of allylic oxidation sites excluding steroid dienone is 5. The summed E-state index contributed by atoms with van der Waals surface area (Å²) in [6.45, 7) is -0.154. The fourth-order valence-corrected chi connectivity index (χ4v) is 5.54. The third kappa shape index (κ3) is 5.67. The van der Waals surface area contributed by atoms with Gasteiger partial charge in [-0.1, -0.05) is 34.1 Å². The third-order valence-electron chi connectivity index (χ3n) is 5.64. The third-order valence-corrected chi connectivity index (χ3v) is 7.50. The van der Waals surface area contributed by atoms with E-state index < -0.39 is 0 Å².